The van der Waals surface area contributed by atoms with Crippen molar-refractivity contribution in [3.8, 4) is 11.5 Å². The highest BCUT2D eigenvalue weighted by atomic mass is 16.5. The summed E-state index contributed by atoms with van der Waals surface area (Å²) in [6.07, 6.45) is 34.5. The number of hydrogen-bond donors (Lipinski definition) is 1. The van der Waals surface area contributed by atoms with Gasteiger partial charge in [0.25, 0.3) is 0 Å². The van der Waals surface area contributed by atoms with Gasteiger partial charge in [0, 0.05) is 0 Å². The molecule has 0 saturated carbocycles. The molecule has 0 aromatic heterocycles. The minimum absolute atomic E-state index is 0.0708. The van der Waals surface area contributed by atoms with Crippen LogP contribution in [0.15, 0.2) is 105 Å². The molecule has 288 valence electrons. The molecule has 0 aliphatic heterocycles. The third-order valence-electron chi connectivity index (χ3n) is 9.55. The van der Waals surface area contributed by atoms with E-state index in [1.807, 2.05) is 6.08 Å². The van der Waals surface area contributed by atoms with Gasteiger partial charge in [-0.1, -0.05) is 98.9 Å². The van der Waals surface area contributed by atoms with Crippen LogP contribution in [0.3, 0.4) is 0 Å². The lowest BCUT2D eigenvalue weighted by atomic mass is 10.0. The van der Waals surface area contributed by atoms with E-state index in [4.69, 9.17) is 4.74 Å². The summed E-state index contributed by atoms with van der Waals surface area (Å²) in [6.45, 7) is 19.9. The monoisotopic (exact) mass is 712 g/mol. The normalized spacial score (nSPS) is 13.8. The van der Waals surface area contributed by atoms with Gasteiger partial charge in [-0.15, -0.1) is 0 Å². The lowest BCUT2D eigenvalue weighted by Crippen LogP contribution is -2.05. The largest absolute Gasteiger partial charge is 0.870 e. The van der Waals surface area contributed by atoms with E-state index in [9.17, 15) is 15.0 Å². The Morgan fingerprint density at radius 3 is 1.13 bits per heavy atom. The van der Waals surface area contributed by atoms with E-state index in [1.165, 1.54) is 76.7 Å². The van der Waals surface area contributed by atoms with Gasteiger partial charge in [-0.05, 0) is 176 Å². The Morgan fingerprint density at radius 1 is 0.538 bits per heavy atom. The van der Waals surface area contributed by atoms with Crippen LogP contribution in [-0.4, -0.2) is 18.2 Å². The number of allylic oxidation sites excluding steroid dienone is 16. The molecule has 4 nitrogen and oxygen atoms in total. The highest BCUT2D eigenvalue weighted by Gasteiger charge is 2.09. The third kappa shape index (κ3) is 22.2. The molecule has 0 bridgehead atoms. The second-order valence-corrected chi connectivity index (χ2v) is 15.1. The fourth-order valence-electron chi connectivity index (χ4n) is 5.95. The highest BCUT2D eigenvalue weighted by Crippen LogP contribution is 2.30. The Morgan fingerprint density at radius 2 is 0.846 bits per heavy atom. The number of benzene rings is 1. The number of aromatic carboxylic acids is 1. The summed E-state index contributed by atoms with van der Waals surface area (Å²) in [4.78, 5) is 11.4. The third-order valence-corrected chi connectivity index (χ3v) is 9.55. The summed E-state index contributed by atoms with van der Waals surface area (Å²) >= 11 is 0. The number of carbonyl (C=O) groups is 1. The molecular formula is C48H71O4-. The molecular weight excluding hydrogens is 641 g/mol. The second kappa shape index (κ2) is 26.9. The predicted molar refractivity (Wildman–Crippen MR) is 223 cm³/mol. The maximum atomic E-state index is 12.5. The van der Waals surface area contributed by atoms with E-state index in [0.717, 1.165) is 77.0 Å². The molecule has 1 N–H and O–H groups in total. The molecule has 0 heterocycles. The topological polar surface area (TPSA) is 69.6 Å². The van der Waals surface area contributed by atoms with E-state index in [2.05, 4.69) is 105 Å². The van der Waals surface area contributed by atoms with Crippen LogP contribution in [-0.2, 0) is 6.42 Å². The van der Waals surface area contributed by atoms with Gasteiger partial charge in [-0.2, -0.15) is 0 Å². The molecule has 0 aliphatic carbocycles. The second-order valence-electron chi connectivity index (χ2n) is 15.1. The predicted octanol–water partition coefficient (Wildman–Crippen LogP) is 14.1. The smallest absolute Gasteiger partial charge is 0.335 e. The van der Waals surface area contributed by atoms with Crippen molar-refractivity contribution in [2.45, 2.75) is 159 Å². The van der Waals surface area contributed by atoms with E-state index in [1.54, 1.807) is 0 Å². The molecule has 0 fully saturated rings. The van der Waals surface area contributed by atoms with Crippen LogP contribution >= 0.6 is 0 Å². The minimum atomic E-state index is -1.07. The molecule has 0 radical (unpaired) electrons. The maximum Gasteiger partial charge on any atom is 0.335 e. The van der Waals surface area contributed by atoms with E-state index >= 15 is 0 Å². The molecule has 0 spiro atoms. The van der Waals surface area contributed by atoms with Crippen molar-refractivity contribution in [3.63, 3.8) is 0 Å². The lowest BCUT2D eigenvalue weighted by Gasteiger charge is -2.18. The average molecular weight is 712 g/mol. The molecule has 0 saturated heterocycles. The van der Waals surface area contributed by atoms with Crippen LogP contribution < -0.4 is 9.84 Å². The van der Waals surface area contributed by atoms with Crippen LogP contribution in [0, 0.1) is 0 Å². The van der Waals surface area contributed by atoms with Crippen molar-refractivity contribution >= 4 is 5.97 Å². The highest BCUT2D eigenvalue weighted by molar-refractivity contribution is 5.89. The Labute approximate surface area is 318 Å². The summed E-state index contributed by atoms with van der Waals surface area (Å²) in [7, 11) is 1.39. The number of methoxy groups -OCH3 is 1. The van der Waals surface area contributed by atoms with E-state index in [-0.39, 0.29) is 17.1 Å². The van der Waals surface area contributed by atoms with Crippen molar-refractivity contribution in [2.75, 3.05) is 7.11 Å². The summed E-state index contributed by atoms with van der Waals surface area (Å²) in [5, 5.41) is 21.8. The van der Waals surface area contributed by atoms with Gasteiger partial charge in [0.15, 0.2) is 0 Å². The molecule has 0 atom stereocenters. The van der Waals surface area contributed by atoms with Crippen LogP contribution in [0.1, 0.15) is 168 Å². The van der Waals surface area contributed by atoms with Crippen molar-refractivity contribution in [3.05, 3.63) is 116 Å². The number of ether oxygens (including phenoxy) is 1. The molecule has 52 heavy (non-hydrogen) atoms. The molecule has 1 aromatic carbocycles. The fourth-order valence-corrected chi connectivity index (χ4v) is 5.95. The minimum Gasteiger partial charge on any atom is -0.870 e. The van der Waals surface area contributed by atoms with Crippen molar-refractivity contribution in [1.29, 1.82) is 0 Å². The summed E-state index contributed by atoms with van der Waals surface area (Å²) < 4.78 is 5.09. The maximum absolute atomic E-state index is 12.5. The summed E-state index contributed by atoms with van der Waals surface area (Å²) in [5.74, 6) is -1.24. The van der Waals surface area contributed by atoms with Gasteiger partial charge >= 0.3 is 5.97 Å². The summed E-state index contributed by atoms with van der Waals surface area (Å²) in [6, 6.07) is 2.73. The quantitative estimate of drug-likeness (QED) is 0.103. The first-order valence-corrected chi connectivity index (χ1v) is 19.6. The zero-order valence-electron chi connectivity index (χ0n) is 34.6. The Bertz CT molecular complexity index is 1500. The van der Waals surface area contributed by atoms with E-state index < -0.39 is 5.97 Å². The number of hydrogen-bond acceptors (Lipinski definition) is 3. The van der Waals surface area contributed by atoms with E-state index in [0.29, 0.717) is 12.0 Å². The zero-order chi connectivity index (χ0) is 38.9. The van der Waals surface area contributed by atoms with Crippen molar-refractivity contribution in [2.24, 2.45) is 0 Å². The molecule has 4 heteroatoms. The lowest BCUT2D eigenvalue weighted by molar-refractivity contribution is -0.271. The zero-order valence-corrected chi connectivity index (χ0v) is 34.6. The van der Waals surface area contributed by atoms with Gasteiger partial charge in [0.2, 0.25) is 0 Å². The number of carboxylic acids is 1. The Balaban J connectivity index is 2.33. The Hall–Kier alpha value is -3.79. The van der Waals surface area contributed by atoms with Crippen LogP contribution in [0.4, 0.5) is 0 Å². The first-order valence-electron chi connectivity index (χ1n) is 19.6. The molecule has 0 amide bonds. The first-order chi connectivity index (χ1) is 24.7. The van der Waals surface area contributed by atoms with Crippen LogP contribution in [0.25, 0.3) is 0 Å². The molecule has 1 rings (SSSR count). The van der Waals surface area contributed by atoms with Gasteiger partial charge < -0.3 is 14.9 Å². The van der Waals surface area contributed by atoms with Crippen molar-refractivity contribution < 1.29 is 19.7 Å². The average Bonchev–Trinajstić information content (AvgIpc) is 3.07. The molecule has 1 aromatic rings. The molecule has 0 unspecified atom stereocenters. The number of carboxylic acid groups (broad SMARTS) is 1. The van der Waals surface area contributed by atoms with Gasteiger partial charge in [0.1, 0.15) is 5.75 Å². The van der Waals surface area contributed by atoms with Crippen molar-refractivity contribution in [1.82, 2.24) is 0 Å². The number of rotatable bonds is 25. The van der Waals surface area contributed by atoms with Crippen LogP contribution in [0.5, 0.6) is 11.5 Å². The van der Waals surface area contributed by atoms with Crippen LogP contribution in [0.2, 0.25) is 0 Å². The Kier molecular flexibility index (Phi) is 23.9. The first kappa shape index (κ1) is 46.2. The van der Waals surface area contributed by atoms with Gasteiger partial charge in [-0.25, -0.2) is 4.79 Å². The van der Waals surface area contributed by atoms with Gasteiger partial charge in [0.05, 0.1) is 12.7 Å². The summed E-state index contributed by atoms with van der Waals surface area (Å²) in [5.41, 5.74) is 12.0. The standard InChI is InChI=1S/C48H72O4/c1-36(2)18-11-19-37(3)20-12-21-38(4)22-13-23-39(5)24-14-25-40(6)26-15-27-41(7)28-16-29-42(8)30-17-31-43(9)32-33-44-34-45(48(50)51)35-46(52-10)47(44)49/h18,20,22,24,26,28,30,32,34-35,49H,11-17,19,21,23,25,27,29,31,33H2,1-10H3,(H,50,51)/p-1/b37-20+,38-22+,39-24+,40-26+,41-28+,42-30+,43-32+. The SMILES string of the molecule is COc1cc(C(=O)O)cc(C/C=C(\C)CC/C=C(\C)CC/C=C(\C)CC/C=C(\C)CC/C=C(\C)CC/C=C(\C)CC/C=C(\C)CCC=C(C)C)c1[O-]. The fraction of sp³-hybridized carbons (Fsp3) is 0.521. The molecule has 0 aliphatic rings. The van der Waals surface area contributed by atoms with Gasteiger partial charge in [-0.3, -0.25) is 0 Å².